The van der Waals surface area contributed by atoms with Crippen molar-refractivity contribution < 1.29 is 0 Å². The summed E-state index contributed by atoms with van der Waals surface area (Å²) in [6.07, 6.45) is 1.77. The Kier molecular flexibility index (Phi) is 3.27. The largest absolute Gasteiger partial charge is 0.387 e. The Morgan fingerprint density at radius 2 is 1.76 bits per heavy atom. The smallest absolute Gasteiger partial charge is 0.150 e. The molecule has 0 atom stereocenters. The Hall–Kier alpha value is -2.17. The van der Waals surface area contributed by atoms with Gasteiger partial charge in [-0.15, -0.1) is 0 Å². The first-order chi connectivity index (χ1) is 9.99. The molecule has 1 aromatic heterocycles. The number of aromatic nitrogens is 2. The van der Waals surface area contributed by atoms with Crippen molar-refractivity contribution in [1.29, 1.82) is 5.41 Å². The second-order valence-electron chi connectivity index (χ2n) is 6.08. The highest BCUT2D eigenvalue weighted by Gasteiger charge is 2.33. The number of para-hydroxylation sites is 2. The number of amidine groups is 1. The number of piperidine rings is 1. The lowest BCUT2D eigenvalue weighted by Crippen LogP contribution is -2.45. The molecule has 21 heavy (non-hydrogen) atoms. The highest BCUT2D eigenvalue weighted by Crippen LogP contribution is 2.33. The maximum atomic E-state index is 7.74. The van der Waals surface area contributed by atoms with E-state index in [0.29, 0.717) is 5.84 Å². The Morgan fingerprint density at radius 1 is 1.19 bits per heavy atom. The zero-order valence-electron chi connectivity index (χ0n) is 12.6. The Bertz CT molecular complexity index is 686. The van der Waals surface area contributed by atoms with Crippen molar-refractivity contribution in [3.63, 3.8) is 0 Å². The van der Waals surface area contributed by atoms with Gasteiger partial charge in [0.15, 0.2) is 5.82 Å². The first-order valence-corrected chi connectivity index (χ1v) is 7.32. The predicted molar refractivity (Wildman–Crippen MR) is 85.7 cm³/mol. The van der Waals surface area contributed by atoms with E-state index in [-0.39, 0.29) is 5.41 Å². The molecular formula is C16H21N5. The van der Waals surface area contributed by atoms with E-state index in [1.807, 2.05) is 31.2 Å². The summed E-state index contributed by atoms with van der Waals surface area (Å²) >= 11 is 0. The van der Waals surface area contributed by atoms with Gasteiger partial charge in [-0.25, -0.2) is 9.97 Å². The van der Waals surface area contributed by atoms with E-state index >= 15 is 0 Å². The summed E-state index contributed by atoms with van der Waals surface area (Å²) in [5.41, 5.74) is 8.38. The zero-order chi connectivity index (χ0) is 15.0. The van der Waals surface area contributed by atoms with Gasteiger partial charge in [0.2, 0.25) is 0 Å². The summed E-state index contributed by atoms with van der Waals surface area (Å²) in [6.45, 7) is 5.81. The number of rotatable bonds is 2. The summed E-state index contributed by atoms with van der Waals surface area (Å²) in [7, 11) is 0. The van der Waals surface area contributed by atoms with Crippen molar-refractivity contribution in [2.45, 2.75) is 26.7 Å². The van der Waals surface area contributed by atoms with Crippen LogP contribution in [0.2, 0.25) is 0 Å². The van der Waals surface area contributed by atoms with Crippen LogP contribution in [-0.4, -0.2) is 28.9 Å². The molecule has 0 unspecified atom stereocenters. The second-order valence-corrected chi connectivity index (χ2v) is 6.08. The van der Waals surface area contributed by atoms with Crippen LogP contribution in [-0.2, 0) is 0 Å². The van der Waals surface area contributed by atoms with Gasteiger partial charge in [0, 0.05) is 18.5 Å². The normalized spacial score (nSPS) is 17.9. The first kappa shape index (κ1) is 13.8. The molecule has 5 nitrogen and oxygen atoms in total. The molecule has 1 aromatic carbocycles. The number of nitrogens with zero attached hydrogens (tertiary/aromatic N) is 3. The van der Waals surface area contributed by atoms with Gasteiger partial charge in [-0.2, -0.15) is 0 Å². The van der Waals surface area contributed by atoms with Gasteiger partial charge < -0.3 is 10.6 Å². The third-order valence-corrected chi connectivity index (χ3v) is 4.54. The number of benzene rings is 1. The van der Waals surface area contributed by atoms with Crippen LogP contribution in [0.15, 0.2) is 24.3 Å². The number of anilines is 1. The number of nitrogens with two attached hydrogens (primary N) is 1. The average molecular weight is 283 g/mol. The van der Waals surface area contributed by atoms with Gasteiger partial charge >= 0.3 is 0 Å². The predicted octanol–water partition coefficient (Wildman–Crippen LogP) is 2.48. The maximum Gasteiger partial charge on any atom is 0.150 e. The second kappa shape index (κ2) is 4.98. The number of hydrogen-bond acceptors (Lipinski definition) is 4. The van der Waals surface area contributed by atoms with Crippen LogP contribution in [0.25, 0.3) is 11.0 Å². The minimum Gasteiger partial charge on any atom is -0.387 e. The topological polar surface area (TPSA) is 78.9 Å². The van der Waals surface area contributed by atoms with Crippen LogP contribution in [0.4, 0.5) is 5.82 Å². The van der Waals surface area contributed by atoms with Gasteiger partial charge in [-0.1, -0.05) is 19.1 Å². The molecular weight excluding hydrogens is 262 g/mol. The van der Waals surface area contributed by atoms with E-state index in [2.05, 4.69) is 16.8 Å². The molecule has 3 N–H and O–H groups in total. The third-order valence-electron chi connectivity index (χ3n) is 4.54. The molecule has 0 spiro atoms. The molecule has 1 aliphatic rings. The molecule has 0 bridgehead atoms. The Labute approximate surface area is 124 Å². The van der Waals surface area contributed by atoms with Crippen molar-refractivity contribution in [1.82, 2.24) is 9.97 Å². The summed E-state index contributed by atoms with van der Waals surface area (Å²) < 4.78 is 0. The minimum absolute atomic E-state index is 0.172. The number of hydrogen-bond donors (Lipinski definition) is 2. The van der Waals surface area contributed by atoms with Crippen LogP contribution < -0.4 is 10.6 Å². The average Bonchev–Trinajstić information content (AvgIpc) is 2.47. The van der Waals surface area contributed by atoms with Gasteiger partial charge in [0.25, 0.3) is 0 Å². The fourth-order valence-electron chi connectivity index (χ4n) is 2.86. The standard InChI is InChI=1S/C16H21N5/c1-11-14(20-13-6-4-3-5-12(13)19-11)21-9-7-16(2,8-10-21)15(17)18/h3-6H,7-10H2,1-2H3,(H3,17,18). The molecule has 0 saturated carbocycles. The van der Waals surface area contributed by atoms with Crippen LogP contribution in [0.5, 0.6) is 0 Å². The molecule has 0 amide bonds. The van der Waals surface area contributed by atoms with E-state index in [9.17, 15) is 0 Å². The summed E-state index contributed by atoms with van der Waals surface area (Å²) in [5.74, 6) is 1.25. The van der Waals surface area contributed by atoms with Crippen LogP contribution in [0, 0.1) is 17.7 Å². The highest BCUT2D eigenvalue weighted by molar-refractivity contribution is 5.83. The minimum atomic E-state index is -0.172. The van der Waals surface area contributed by atoms with Crippen molar-refractivity contribution in [2.75, 3.05) is 18.0 Å². The van der Waals surface area contributed by atoms with Gasteiger partial charge in [0.05, 0.1) is 22.6 Å². The van der Waals surface area contributed by atoms with E-state index in [0.717, 1.165) is 48.5 Å². The van der Waals surface area contributed by atoms with Gasteiger partial charge in [-0.3, -0.25) is 5.41 Å². The first-order valence-electron chi connectivity index (χ1n) is 7.32. The fraction of sp³-hybridized carbons (Fsp3) is 0.438. The molecule has 0 radical (unpaired) electrons. The van der Waals surface area contributed by atoms with Crippen LogP contribution in [0.3, 0.4) is 0 Å². The van der Waals surface area contributed by atoms with E-state index in [1.54, 1.807) is 0 Å². The van der Waals surface area contributed by atoms with Crippen LogP contribution >= 0.6 is 0 Å². The third kappa shape index (κ3) is 2.44. The van der Waals surface area contributed by atoms with E-state index in [1.165, 1.54) is 0 Å². The highest BCUT2D eigenvalue weighted by atomic mass is 15.2. The van der Waals surface area contributed by atoms with Gasteiger partial charge in [-0.05, 0) is 31.9 Å². The lowest BCUT2D eigenvalue weighted by Gasteiger charge is -2.39. The molecule has 1 fully saturated rings. The molecule has 1 aliphatic heterocycles. The number of fused-ring (bicyclic) bond motifs is 1. The Balaban J connectivity index is 1.88. The molecule has 3 rings (SSSR count). The molecule has 5 heteroatoms. The van der Waals surface area contributed by atoms with Crippen molar-refractivity contribution in [2.24, 2.45) is 11.1 Å². The van der Waals surface area contributed by atoms with E-state index in [4.69, 9.17) is 16.1 Å². The summed E-state index contributed by atoms with van der Waals surface area (Å²) in [6, 6.07) is 7.95. The van der Waals surface area contributed by atoms with E-state index < -0.39 is 0 Å². The van der Waals surface area contributed by atoms with Crippen molar-refractivity contribution in [3.8, 4) is 0 Å². The molecule has 110 valence electrons. The molecule has 2 aromatic rings. The summed E-state index contributed by atoms with van der Waals surface area (Å²) in [5, 5.41) is 7.74. The molecule has 2 heterocycles. The monoisotopic (exact) mass is 283 g/mol. The lowest BCUT2D eigenvalue weighted by molar-refractivity contribution is 0.349. The quantitative estimate of drug-likeness (QED) is 0.655. The zero-order valence-corrected chi connectivity index (χ0v) is 12.6. The molecule has 1 saturated heterocycles. The Morgan fingerprint density at radius 3 is 2.33 bits per heavy atom. The van der Waals surface area contributed by atoms with Crippen molar-refractivity contribution >= 4 is 22.7 Å². The van der Waals surface area contributed by atoms with Crippen LogP contribution in [0.1, 0.15) is 25.5 Å². The number of aryl methyl sites for hydroxylation is 1. The van der Waals surface area contributed by atoms with Crippen molar-refractivity contribution in [3.05, 3.63) is 30.0 Å². The number of nitrogens with one attached hydrogen (secondary N) is 1. The summed E-state index contributed by atoms with van der Waals surface area (Å²) in [4.78, 5) is 11.7. The molecule has 0 aliphatic carbocycles. The maximum absolute atomic E-state index is 7.74. The lowest BCUT2D eigenvalue weighted by atomic mass is 9.79. The van der Waals surface area contributed by atoms with Gasteiger partial charge in [0.1, 0.15) is 0 Å². The fourth-order valence-corrected chi connectivity index (χ4v) is 2.86. The SMILES string of the molecule is Cc1nc2ccccc2nc1N1CCC(C)(C(=N)N)CC1.